The first-order chi connectivity index (χ1) is 9.31. The molecule has 1 aliphatic rings. The number of benzene rings is 1. The van der Waals surface area contributed by atoms with Gasteiger partial charge in [-0.05, 0) is 38.5 Å². The summed E-state index contributed by atoms with van der Waals surface area (Å²) in [5, 5.41) is 3.20. The summed E-state index contributed by atoms with van der Waals surface area (Å²) in [6.45, 7) is 6.91. The van der Waals surface area contributed by atoms with E-state index in [4.69, 9.17) is 9.47 Å². The molecule has 2 rings (SSSR count). The smallest absolute Gasteiger partial charge is 0.332 e. The summed E-state index contributed by atoms with van der Waals surface area (Å²) in [5.74, 6) is -0.334. The zero-order valence-electron chi connectivity index (χ0n) is 12.0. The van der Waals surface area contributed by atoms with E-state index >= 15 is 0 Å². The Bertz CT molecular complexity index is 492. The zero-order chi connectivity index (χ0) is 14.8. The van der Waals surface area contributed by atoms with E-state index in [0.29, 0.717) is 13.1 Å². The molecule has 1 N–H and O–H groups in total. The zero-order valence-corrected chi connectivity index (χ0v) is 13.6. The first-order valence-corrected chi connectivity index (χ1v) is 7.43. The number of carbonyl (C=O) groups is 1. The minimum absolute atomic E-state index is 0.0362. The van der Waals surface area contributed by atoms with Crippen LogP contribution in [0.4, 0.5) is 0 Å². The number of nitrogens with one attached hydrogen (secondary N) is 1. The van der Waals surface area contributed by atoms with Crippen LogP contribution in [0.25, 0.3) is 0 Å². The second-order valence-electron chi connectivity index (χ2n) is 5.98. The maximum atomic E-state index is 11.8. The molecule has 1 aromatic rings. The van der Waals surface area contributed by atoms with Gasteiger partial charge in [-0.15, -0.1) is 0 Å². The Hall–Kier alpha value is -0.910. The van der Waals surface area contributed by atoms with E-state index in [-0.39, 0.29) is 12.6 Å². The molecule has 0 unspecified atom stereocenters. The quantitative estimate of drug-likeness (QED) is 0.855. The van der Waals surface area contributed by atoms with Crippen molar-refractivity contribution >= 4 is 21.9 Å². The largest absolute Gasteiger partial charge is 0.458 e. The van der Waals surface area contributed by atoms with Crippen molar-refractivity contribution in [1.82, 2.24) is 5.32 Å². The van der Waals surface area contributed by atoms with Gasteiger partial charge >= 0.3 is 5.97 Å². The lowest BCUT2D eigenvalue weighted by atomic mass is 9.88. The fraction of sp³-hybridized carbons (Fsp3) is 0.533. The molecule has 0 amide bonds. The lowest BCUT2D eigenvalue weighted by Crippen LogP contribution is -2.59. The highest BCUT2D eigenvalue weighted by molar-refractivity contribution is 9.10. The van der Waals surface area contributed by atoms with Crippen LogP contribution in [0.2, 0.25) is 0 Å². The van der Waals surface area contributed by atoms with E-state index in [9.17, 15) is 4.79 Å². The average Bonchev–Trinajstić information content (AvgIpc) is 2.25. The van der Waals surface area contributed by atoms with Crippen molar-refractivity contribution < 1.29 is 14.3 Å². The van der Waals surface area contributed by atoms with Gasteiger partial charge in [-0.1, -0.05) is 28.1 Å². The molecule has 0 radical (unpaired) electrons. The minimum Gasteiger partial charge on any atom is -0.458 e. The Kier molecular flexibility index (Phi) is 4.52. The summed E-state index contributed by atoms with van der Waals surface area (Å²) in [7, 11) is 0. The second-order valence-corrected chi connectivity index (χ2v) is 6.90. The maximum absolute atomic E-state index is 11.8. The summed E-state index contributed by atoms with van der Waals surface area (Å²) < 4.78 is 12.1. The predicted octanol–water partition coefficient (Wildman–Crippen LogP) is 2.61. The average molecular weight is 342 g/mol. The van der Waals surface area contributed by atoms with Crippen molar-refractivity contribution in [2.45, 2.75) is 32.0 Å². The Morgan fingerprint density at radius 2 is 2.10 bits per heavy atom. The Balaban J connectivity index is 2.01. The van der Waals surface area contributed by atoms with Gasteiger partial charge in [0.2, 0.25) is 0 Å². The number of hydrogen-bond acceptors (Lipinski definition) is 4. The lowest BCUT2D eigenvalue weighted by molar-refractivity contribution is -0.171. The molecule has 1 saturated heterocycles. The Morgan fingerprint density at radius 1 is 1.40 bits per heavy atom. The van der Waals surface area contributed by atoms with Crippen molar-refractivity contribution in [3.63, 3.8) is 0 Å². The fourth-order valence-electron chi connectivity index (χ4n) is 2.08. The van der Waals surface area contributed by atoms with E-state index in [1.807, 2.05) is 45.0 Å². The van der Waals surface area contributed by atoms with Gasteiger partial charge in [0.15, 0.2) is 0 Å². The van der Waals surface area contributed by atoms with Crippen LogP contribution in [0.15, 0.2) is 28.7 Å². The molecule has 0 atom stereocenters. The van der Waals surface area contributed by atoms with E-state index in [1.54, 1.807) is 0 Å². The number of halogens is 1. The van der Waals surface area contributed by atoms with Crippen molar-refractivity contribution in [2.75, 3.05) is 19.7 Å². The van der Waals surface area contributed by atoms with Crippen molar-refractivity contribution in [2.24, 2.45) is 0 Å². The van der Waals surface area contributed by atoms with Gasteiger partial charge in [-0.25, -0.2) is 4.79 Å². The summed E-state index contributed by atoms with van der Waals surface area (Å²) in [6, 6.07) is 7.98. The topological polar surface area (TPSA) is 47.6 Å². The Morgan fingerprint density at radius 3 is 2.60 bits per heavy atom. The number of hydrogen-bond donors (Lipinski definition) is 1. The summed E-state index contributed by atoms with van der Waals surface area (Å²) in [4.78, 5) is 11.8. The Labute approximate surface area is 128 Å². The van der Waals surface area contributed by atoms with Crippen LogP contribution >= 0.6 is 15.9 Å². The molecule has 1 fully saturated rings. The molecule has 0 bridgehead atoms. The van der Waals surface area contributed by atoms with Gasteiger partial charge in [0.05, 0.1) is 0 Å². The van der Waals surface area contributed by atoms with Crippen LogP contribution in [-0.4, -0.2) is 31.3 Å². The van der Waals surface area contributed by atoms with Crippen LogP contribution in [0.1, 0.15) is 26.3 Å². The summed E-state index contributed by atoms with van der Waals surface area (Å²) >= 11 is 3.46. The van der Waals surface area contributed by atoms with Crippen molar-refractivity contribution in [1.29, 1.82) is 0 Å². The van der Waals surface area contributed by atoms with Gasteiger partial charge in [0, 0.05) is 17.6 Å². The van der Waals surface area contributed by atoms with E-state index in [1.165, 1.54) is 0 Å². The first kappa shape index (κ1) is 15.5. The number of ether oxygens (including phenoxy) is 2. The fourth-order valence-corrected chi connectivity index (χ4v) is 2.48. The monoisotopic (exact) mass is 341 g/mol. The molecule has 0 aliphatic carbocycles. The molecule has 1 aromatic carbocycles. The van der Waals surface area contributed by atoms with Gasteiger partial charge < -0.3 is 14.8 Å². The van der Waals surface area contributed by atoms with Gasteiger partial charge in [-0.2, -0.15) is 0 Å². The van der Waals surface area contributed by atoms with Crippen LogP contribution in [-0.2, 0) is 19.9 Å². The standard InChI is InChI=1S/C15H20BrNO3/c1-14(2,3)20-13(18)8-19-15(9-17-10-15)11-5-4-6-12(16)7-11/h4-7,17H,8-10H2,1-3H3. The third kappa shape index (κ3) is 3.81. The number of esters is 1. The van der Waals surface area contributed by atoms with Crippen LogP contribution in [0.5, 0.6) is 0 Å². The highest BCUT2D eigenvalue weighted by Crippen LogP contribution is 2.31. The minimum atomic E-state index is -0.485. The highest BCUT2D eigenvalue weighted by Gasteiger charge is 2.40. The van der Waals surface area contributed by atoms with Gasteiger partial charge in [0.1, 0.15) is 17.8 Å². The summed E-state index contributed by atoms with van der Waals surface area (Å²) in [6.07, 6.45) is 0. The van der Waals surface area contributed by atoms with Gasteiger partial charge in [-0.3, -0.25) is 0 Å². The van der Waals surface area contributed by atoms with E-state index in [2.05, 4.69) is 21.2 Å². The van der Waals surface area contributed by atoms with Crippen LogP contribution in [0.3, 0.4) is 0 Å². The maximum Gasteiger partial charge on any atom is 0.332 e. The molecule has 0 spiro atoms. The molecule has 4 nitrogen and oxygen atoms in total. The third-order valence-corrected chi connectivity index (χ3v) is 3.55. The molecule has 5 heteroatoms. The summed E-state index contributed by atoms with van der Waals surface area (Å²) in [5.41, 5.74) is 0.149. The first-order valence-electron chi connectivity index (χ1n) is 6.63. The predicted molar refractivity (Wildman–Crippen MR) is 80.5 cm³/mol. The van der Waals surface area contributed by atoms with Crippen LogP contribution in [0, 0.1) is 0 Å². The lowest BCUT2D eigenvalue weighted by Gasteiger charge is -2.42. The number of carbonyl (C=O) groups excluding carboxylic acids is 1. The van der Waals surface area contributed by atoms with Crippen molar-refractivity contribution in [3.8, 4) is 0 Å². The van der Waals surface area contributed by atoms with Gasteiger partial charge in [0.25, 0.3) is 0 Å². The highest BCUT2D eigenvalue weighted by atomic mass is 79.9. The van der Waals surface area contributed by atoms with E-state index < -0.39 is 11.2 Å². The van der Waals surface area contributed by atoms with Crippen molar-refractivity contribution in [3.05, 3.63) is 34.3 Å². The molecule has 0 saturated carbocycles. The molecule has 20 heavy (non-hydrogen) atoms. The molecule has 1 aliphatic heterocycles. The number of rotatable bonds is 4. The normalized spacial score (nSPS) is 17.4. The molecule has 0 aromatic heterocycles. The SMILES string of the molecule is CC(C)(C)OC(=O)COC1(c2cccc(Br)c2)CNC1. The third-order valence-electron chi connectivity index (χ3n) is 3.06. The molecule has 110 valence electrons. The molecular weight excluding hydrogens is 322 g/mol. The van der Waals surface area contributed by atoms with E-state index in [0.717, 1.165) is 10.0 Å². The molecular formula is C15H20BrNO3. The second kappa shape index (κ2) is 5.84. The molecule has 1 heterocycles. The van der Waals surface area contributed by atoms with Crippen LogP contribution < -0.4 is 5.32 Å².